The normalized spacial score (nSPS) is 12.9. The average Bonchev–Trinajstić information content (AvgIpc) is 2.64. The van der Waals surface area contributed by atoms with Crippen LogP contribution in [0.15, 0.2) is 6.20 Å². The van der Waals surface area contributed by atoms with Crippen LogP contribution in [0.5, 0.6) is 0 Å². The Morgan fingerprint density at radius 1 is 1.50 bits per heavy atom. The van der Waals surface area contributed by atoms with Crippen LogP contribution in [-0.2, 0) is 6.54 Å². The van der Waals surface area contributed by atoms with Crippen LogP contribution < -0.4 is 11.1 Å². The molecule has 4 heteroatoms. The van der Waals surface area contributed by atoms with Crippen molar-refractivity contribution >= 4 is 11.3 Å². The zero-order valence-corrected chi connectivity index (χ0v) is 11.1. The number of hydrogen-bond donors (Lipinski definition) is 2. The van der Waals surface area contributed by atoms with Gasteiger partial charge in [0.15, 0.2) is 0 Å². The standard InChI is InChI=1S/C12H23N3S/c1-10(5-6-13)4-3-7-14-8-12-9-15-11(2)16-12/h9-10,14H,3-8,13H2,1-2H3. The molecule has 0 amide bonds. The lowest BCUT2D eigenvalue weighted by atomic mass is 10.0. The van der Waals surface area contributed by atoms with Crippen molar-refractivity contribution in [1.82, 2.24) is 10.3 Å². The third-order valence-corrected chi connectivity index (χ3v) is 3.59. The van der Waals surface area contributed by atoms with Gasteiger partial charge in [-0.3, -0.25) is 0 Å². The molecule has 3 nitrogen and oxygen atoms in total. The van der Waals surface area contributed by atoms with Crippen LogP contribution in [0.2, 0.25) is 0 Å². The number of nitrogens with two attached hydrogens (primary N) is 1. The van der Waals surface area contributed by atoms with E-state index in [4.69, 9.17) is 5.73 Å². The van der Waals surface area contributed by atoms with E-state index in [9.17, 15) is 0 Å². The number of aromatic nitrogens is 1. The maximum absolute atomic E-state index is 5.52. The molecule has 0 saturated carbocycles. The molecule has 1 aromatic rings. The highest BCUT2D eigenvalue weighted by atomic mass is 32.1. The third kappa shape index (κ3) is 5.58. The van der Waals surface area contributed by atoms with Crippen LogP contribution in [0.1, 0.15) is 36.1 Å². The number of rotatable bonds is 8. The van der Waals surface area contributed by atoms with Gasteiger partial charge in [-0.15, -0.1) is 11.3 Å². The van der Waals surface area contributed by atoms with Crippen LogP contribution >= 0.6 is 11.3 Å². The molecule has 92 valence electrons. The summed E-state index contributed by atoms with van der Waals surface area (Å²) in [5.74, 6) is 0.762. The maximum atomic E-state index is 5.52. The molecule has 0 spiro atoms. The van der Waals surface area contributed by atoms with Crippen LogP contribution in [-0.4, -0.2) is 18.1 Å². The van der Waals surface area contributed by atoms with E-state index >= 15 is 0 Å². The third-order valence-electron chi connectivity index (χ3n) is 2.68. The summed E-state index contributed by atoms with van der Waals surface area (Å²) >= 11 is 1.77. The number of nitrogens with zero attached hydrogens (tertiary/aromatic N) is 1. The molecule has 1 heterocycles. The van der Waals surface area contributed by atoms with Crippen molar-refractivity contribution in [1.29, 1.82) is 0 Å². The van der Waals surface area contributed by atoms with Gasteiger partial charge in [0.2, 0.25) is 0 Å². The minimum absolute atomic E-state index is 0.762. The Morgan fingerprint density at radius 2 is 2.31 bits per heavy atom. The van der Waals surface area contributed by atoms with Gasteiger partial charge >= 0.3 is 0 Å². The number of hydrogen-bond acceptors (Lipinski definition) is 4. The van der Waals surface area contributed by atoms with Gasteiger partial charge in [-0.1, -0.05) is 6.92 Å². The Bertz CT molecular complexity index is 286. The Kier molecular flexibility index (Phi) is 6.61. The Morgan fingerprint density at radius 3 is 2.94 bits per heavy atom. The average molecular weight is 241 g/mol. The van der Waals surface area contributed by atoms with Gasteiger partial charge in [0, 0.05) is 17.6 Å². The van der Waals surface area contributed by atoms with E-state index in [-0.39, 0.29) is 0 Å². The predicted molar refractivity (Wildman–Crippen MR) is 70.6 cm³/mol. The molecular formula is C12H23N3S. The molecule has 1 atom stereocenters. The zero-order valence-electron chi connectivity index (χ0n) is 10.3. The van der Waals surface area contributed by atoms with Crippen LogP contribution in [0.25, 0.3) is 0 Å². The van der Waals surface area contributed by atoms with Crippen molar-refractivity contribution in [2.24, 2.45) is 11.7 Å². The van der Waals surface area contributed by atoms with Crippen molar-refractivity contribution < 1.29 is 0 Å². The maximum Gasteiger partial charge on any atom is 0.0897 e. The number of aryl methyl sites for hydroxylation is 1. The molecule has 0 bridgehead atoms. The summed E-state index contributed by atoms with van der Waals surface area (Å²) in [6, 6.07) is 0. The molecule has 0 radical (unpaired) electrons. The lowest BCUT2D eigenvalue weighted by molar-refractivity contribution is 0.469. The molecule has 3 N–H and O–H groups in total. The first-order chi connectivity index (χ1) is 7.72. The second kappa shape index (κ2) is 7.76. The van der Waals surface area contributed by atoms with E-state index in [0.29, 0.717) is 0 Å². The fourth-order valence-corrected chi connectivity index (χ4v) is 2.47. The predicted octanol–water partition coefficient (Wildman–Crippen LogP) is 2.31. The number of thiazole rings is 1. The number of nitrogens with one attached hydrogen (secondary N) is 1. The lowest BCUT2D eigenvalue weighted by Crippen LogP contribution is -2.15. The summed E-state index contributed by atoms with van der Waals surface area (Å²) in [7, 11) is 0. The smallest absolute Gasteiger partial charge is 0.0897 e. The molecule has 0 fully saturated rings. The summed E-state index contributed by atoms with van der Waals surface area (Å²) in [6.45, 7) is 7.18. The highest BCUT2D eigenvalue weighted by molar-refractivity contribution is 7.11. The van der Waals surface area contributed by atoms with E-state index in [1.807, 2.05) is 13.1 Å². The molecule has 16 heavy (non-hydrogen) atoms. The van der Waals surface area contributed by atoms with Crippen LogP contribution in [0, 0.1) is 12.8 Å². The van der Waals surface area contributed by atoms with Crippen molar-refractivity contribution in [3.8, 4) is 0 Å². The van der Waals surface area contributed by atoms with Gasteiger partial charge in [-0.05, 0) is 45.2 Å². The van der Waals surface area contributed by atoms with Crippen LogP contribution in [0.3, 0.4) is 0 Å². The van der Waals surface area contributed by atoms with E-state index in [0.717, 1.165) is 37.0 Å². The second-order valence-electron chi connectivity index (χ2n) is 4.35. The van der Waals surface area contributed by atoms with Crippen molar-refractivity contribution in [2.45, 2.75) is 39.7 Å². The summed E-state index contributed by atoms with van der Waals surface area (Å²) in [6.07, 6.45) is 5.61. The highest BCUT2D eigenvalue weighted by Crippen LogP contribution is 2.11. The summed E-state index contributed by atoms with van der Waals surface area (Å²) in [5, 5.41) is 4.60. The first-order valence-electron chi connectivity index (χ1n) is 6.04. The van der Waals surface area contributed by atoms with Gasteiger partial charge < -0.3 is 11.1 Å². The topological polar surface area (TPSA) is 50.9 Å². The summed E-state index contributed by atoms with van der Waals surface area (Å²) < 4.78 is 0. The molecule has 0 saturated heterocycles. The quantitative estimate of drug-likeness (QED) is 0.687. The Balaban J connectivity index is 2.00. The largest absolute Gasteiger partial charge is 0.330 e. The minimum atomic E-state index is 0.762. The van der Waals surface area contributed by atoms with Gasteiger partial charge in [0.1, 0.15) is 0 Å². The van der Waals surface area contributed by atoms with Gasteiger partial charge in [-0.2, -0.15) is 0 Å². The van der Waals surface area contributed by atoms with Gasteiger partial charge in [0.05, 0.1) is 5.01 Å². The molecule has 0 aliphatic rings. The molecule has 1 rings (SSSR count). The zero-order chi connectivity index (χ0) is 11.8. The van der Waals surface area contributed by atoms with Crippen molar-refractivity contribution in [2.75, 3.05) is 13.1 Å². The van der Waals surface area contributed by atoms with Gasteiger partial charge in [0.25, 0.3) is 0 Å². The van der Waals surface area contributed by atoms with E-state index in [1.165, 1.54) is 17.7 Å². The summed E-state index contributed by atoms with van der Waals surface area (Å²) in [5.41, 5.74) is 5.52. The molecule has 1 aromatic heterocycles. The first kappa shape index (κ1) is 13.6. The first-order valence-corrected chi connectivity index (χ1v) is 6.86. The van der Waals surface area contributed by atoms with Crippen LogP contribution in [0.4, 0.5) is 0 Å². The molecule has 1 unspecified atom stereocenters. The molecule has 0 aliphatic heterocycles. The fourth-order valence-electron chi connectivity index (χ4n) is 1.70. The molecule has 0 aromatic carbocycles. The van der Waals surface area contributed by atoms with E-state index < -0.39 is 0 Å². The van der Waals surface area contributed by atoms with E-state index in [2.05, 4.69) is 17.2 Å². The minimum Gasteiger partial charge on any atom is -0.330 e. The lowest BCUT2D eigenvalue weighted by Gasteiger charge is -2.09. The Labute approximate surface area is 102 Å². The van der Waals surface area contributed by atoms with E-state index in [1.54, 1.807) is 11.3 Å². The van der Waals surface area contributed by atoms with Gasteiger partial charge in [-0.25, -0.2) is 4.98 Å². The Hall–Kier alpha value is -0.450. The fraction of sp³-hybridized carbons (Fsp3) is 0.750. The summed E-state index contributed by atoms with van der Waals surface area (Å²) in [4.78, 5) is 5.56. The highest BCUT2D eigenvalue weighted by Gasteiger charge is 2.00. The SMILES string of the molecule is Cc1ncc(CNCCCC(C)CCN)s1. The molecule has 0 aliphatic carbocycles. The molecular weight excluding hydrogens is 218 g/mol. The van der Waals surface area contributed by atoms with Crippen molar-refractivity contribution in [3.63, 3.8) is 0 Å². The van der Waals surface area contributed by atoms with Crippen molar-refractivity contribution in [3.05, 3.63) is 16.1 Å². The monoisotopic (exact) mass is 241 g/mol. The second-order valence-corrected chi connectivity index (χ2v) is 5.67.